The molecular formula is C13H26N2O2. The molecule has 0 aromatic carbocycles. The molecule has 4 heteroatoms. The minimum absolute atomic E-state index is 0.0696. The SMILES string of the molecule is CCCC(C)C(C(=O)OC)N1CCCNCC1. The number of carbonyl (C=O) groups is 1. The second-order valence-electron chi connectivity index (χ2n) is 4.87. The highest BCUT2D eigenvalue weighted by Gasteiger charge is 2.31. The molecule has 0 amide bonds. The summed E-state index contributed by atoms with van der Waals surface area (Å²) < 4.78 is 4.97. The van der Waals surface area contributed by atoms with E-state index < -0.39 is 0 Å². The largest absolute Gasteiger partial charge is 0.468 e. The number of nitrogens with zero attached hydrogens (tertiary/aromatic N) is 1. The number of rotatable bonds is 5. The first kappa shape index (κ1) is 14.5. The summed E-state index contributed by atoms with van der Waals surface area (Å²) in [6.07, 6.45) is 3.29. The highest BCUT2D eigenvalue weighted by atomic mass is 16.5. The molecule has 0 bridgehead atoms. The van der Waals surface area contributed by atoms with Crippen LogP contribution in [-0.2, 0) is 9.53 Å². The average molecular weight is 242 g/mol. The van der Waals surface area contributed by atoms with E-state index in [1.54, 1.807) is 0 Å². The third-order valence-electron chi connectivity index (χ3n) is 3.49. The maximum atomic E-state index is 12.0. The smallest absolute Gasteiger partial charge is 0.323 e. The normalized spacial score (nSPS) is 21.6. The summed E-state index contributed by atoms with van der Waals surface area (Å²) >= 11 is 0. The molecule has 0 aliphatic carbocycles. The first-order valence-electron chi connectivity index (χ1n) is 6.73. The molecule has 1 rings (SSSR count). The number of nitrogens with one attached hydrogen (secondary N) is 1. The van der Waals surface area contributed by atoms with Gasteiger partial charge in [-0.2, -0.15) is 0 Å². The van der Waals surface area contributed by atoms with E-state index in [4.69, 9.17) is 4.74 Å². The Labute approximate surface area is 105 Å². The average Bonchev–Trinajstić information content (AvgIpc) is 2.58. The number of hydrogen-bond acceptors (Lipinski definition) is 4. The van der Waals surface area contributed by atoms with Crippen molar-refractivity contribution in [2.45, 2.75) is 39.2 Å². The Hall–Kier alpha value is -0.610. The highest BCUT2D eigenvalue weighted by molar-refractivity contribution is 5.76. The van der Waals surface area contributed by atoms with E-state index in [0.29, 0.717) is 5.92 Å². The summed E-state index contributed by atoms with van der Waals surface area (Å²) in [6, 6.07) is -0.0696. The lowest BCUT2D eigenvalue weighted by atomic mass is 9.95. The van der Waals surface area contributed by atoms with Crippen molar-refractivity contribution in [1.82, 2.24) is 10.2 Å². The van der Waals surface area contributed by atoms with Crippen LogP contribution in [0.4, 0.5) is 0 Å². The van der Waals surface area contributed by atoms with Crippen molar-refractivity contribution in [3.05, 3.63) is 0 Å². The van der Waals surface area contributed by atoms with Gasteiger partial charge in [-0.1, -0.05) is 20.3 Å². The van der Waals surface area contributed by atoms with E-state index in [9.17, 15) is 4.79 Å². The van der Waals surface area contributed by atoms with Gasteiger partial charge in [0, 0.05) is 19.6 Å². The van der Waals surface area contributed by atoms with Gasteiger partial charge in [-0.25, -0.2) is 0 Å². The summed E-state index contributed by atoms with van der Waals surface area (Å²) in [7, 11) is 1.49. The number of ether oxygens (including phenoxy) is 1. The van der Waals surface area contributed by atoms with Gasteiger partial charge in [-0.15, -0.1) is 0 Å². The molecule has 4 nitrogen and oxygen atoms in total. The minimum Gasteiger partial charge on any atom is -0.468 e. The fourth-order valence-corrected chi connectivity index (χ4v) is 2.62. The van der Waals surface area contributed by atoms with Crippen LogP contribution in [0, 0.1) is 5.92 Å². The van der Waals surface area contributed by atoms with Gasteiger partial charge in [0.25, 0.3) is 0 Å². The summed E-state index contributed by atoms with van der Waals surface area (Å²) in [5.41, 5.74) is 0. The second-order valence-corrected chi connectivity index (χ2v) is 4.87. The van der Waals surface area contributed by atoms with Crippen LogP contribution in [0.15, 0.2) is 0 Å². The van der Waals surface area contributed by atoms with Crippen LogP contribution in [0.5, 0.6) is 0 Å². The van der Waals surface area contributed by atoms with Crippen LogP contribution < -0.4 is 5.32 Å². The van der Waals surface area contributed by atoms with Crippen molar-refractivity contribution in [3.63, 3.8) is 0 Å². The van der Waals surface area contributed by atoms with E-state index in [1.165, 1.54) is 7.11 Å². The van der Waals surface area contributed by atoms with Crippen molar-refractivity contribution in [1.29, 1.82) is 0 Å². The zero-order valence-corrected chi connectivity index (χ0v) is 11.4. The van der Waals surface area contributed by atoms with Crippen molar-refractivity contribution in [2.24, 2.45) is 5.92 Å². The van der Waals surface area contributed by atoms with E-state index in [2.05, 4.69) is 24.1 Å². The van der Waals surface area contributed by atoms with Gasteiger partial charge in [-0.3, -0.25) is 9.69 Å². The Bertz CT molecular complexity index is 225. The molecule has 1 fully saturated rings. The van der Waals surface area contributed by atoms with Gasteiger partial charge in [0.05, 0.1) is 7.11 Å². The Balaban J connectivity index is 2.69. The van der Waals surface area contributed by atoms with Crippen LogP contribution in [0.1, 0.15) is 33.1 Å². The summed E-state index contributed by atoms with van der Waals surface area (Å²) in [6.45, 7) is 8.26. The molecular weight excluding hydrogens is 216 g/mol. The van der Waals surface area contributed by atoms with Crippen LogP contribution >= 0.6 is 0 Å². The van der Waals surface area contributed by atoms with E-state index in [0.717, 1.165) is 45.4 Å². The number of esters is 1. The quantitative estimate of drug-likeness (QED) is 0.737. The lowest BCUT2D eigenvalue weighted by Crippen LogP contribution is -2.47. The first-order chi connectivity index (χ1) is 8.20. The molecule has 2 atom stereocenters. The van der Waals surface area contributed by atoms with Gasteiger partial charge in [0.2, 0.25) is 0 Å². The highest BCUT2D eigenvalue weighted by Crippen LogP contribution is 2.18. The number of hydrogen-bond donors (Lipinski definition) is 1. The molecule has 0 aromatic heterocycles. The van der Waals surface area contributed by atoms with Gasteiger partial charge in [-0.05, 0) is 25.3 Å². The van der Waals surface area contributed by atoms with Crippen LogP contribution in [-0.4, -0.2) is 50.2 Å². The second kappa shape index (κ2) is 7.67. The predicted octanol–water partition coefficient (Wildman–Crippen LogP) is 1.26. The Morgan fingerprint density at radius 3 is 2.82 bits per heavy atom. The standard InChI is InChI=1S/C13H26N2O2/c1-4-6-11(2)12(13(16)17-3)15-9-5-7-14-8-10-15/h11-12,14H,4-10H2,1-3H3. The molecule has 0 aromatic rings. The summed E-state index contributed by atoms with van der Waals surface area (Å²) in [5.74, 6) is 0.290. The van der Waals surface area contributed by atoms with E-state index in [1.807, 2.05) is 0 Å². The Morgan fingerprint density at radius 1 is 1.41 bits per heavy atom. The molecule has 1 saturated heterocycles. The third-order valence-corrected chi connectivity index (χ3v) is 3.49. The molecule has 0 radical (unpaired) electrons. The third kappa shape index (κ3) is 4.28. The summed E-state index contributed by atoms with van der Waals surface area (Å²) in [5, 5.41) is 3.37. The van der Waals surface area contributed by atoms with Gasteiger partial charge in [0.15, 0.2) is 0 Å². The zero-order chi connectivity index (χ0) is 12.7. The zero-order valence-electron chi connectivity index (χ0n) is 11.4. The van der Waals surface area contributed by atoms with E-state index >= 15 is 0 Å². The molecule has 17 heavy (non-hydrogen) atoms. The topological polar surface area (TPSA) is 41.6 Å². The number of carbonyl (C=O) groups excluding carboxylic acids is 1. The van der Waals surface area contributed by atoms with Gasteiger partial charge >= 0.3 is 5.97 Å². The molecule has 1 aliphatic heterocycles. The fourth-order valence-electron chi connectivity index (χ4n) is 2.62. The van der Waals surface area contributed by atoms with Gasteiger partial charge < -0.3 is 10.1 Å². The maximum absolute atomic E-state index is 12.0. The molecule has 1 heterocycles. The molecule has 2 unspecified atom stereocenters. The van der Waals surface area contributed by atoms with Crippen molar-refractivity contribution < 1.29 is 9.53 Å². The van der Waals surface area contributed by atoms with Crippen molar-refractivity contribution in [3.8, 4) is 0 Å². The monoisotopic (exact) mass is 242 g/mol. The Kier molecular flexibility index (Phi) is 6.52. The minimum atomic E-state index is -0.0761. The van der Waals surface area contributed by atoms with Crippen LogP contribution in [0.3, 0.4) is 0 Å². The molecule has 0 spiro atoms. The lowest BCUT2D eigenvalue weighted by Gasteiger charge is -2.32. The van der Waals surface area contributed by atoms with E-state index in [-0.39, 0.29) is 12.0 Å². The van der Waals surface area contributed by atoms with Crippen LogP contribution in [0.25, 0.3) is 0 Å². The molecule has 0 saturated carbocycles. The maximum Gasteiger partial charge on any atom is 0.323 e. The molecule has 1 aliphatic rings. The Morgan fingerprint density at radius 2 is 2.18 bits per heavy atom. The van der Waals surface area contributed by atoms with Crippen LogP contribution in [0.2, 0.25) is 0 Å². The van der Waals surface area contributed by atoms with Crippen molar-refractivity contribution in [2.75, 3.05) is 33.3 Å². The predicted molar refractivity (Wildman–Crippen MR) is 68.9 cm³/mol. The molecule has 100 valence electrons. The number of methoxy groups -OCH3 is 1. The molecule has 1 N–H and O–H groups in total. The first-order valence-corrected chi connectivity index (χ1v) is 6.73. The summed E-state index contributed by atoms with van der Waals surface area (Å²) in [4.78, 5) is 14.2. The van der Waals surface area contributed by atoms with Crippen molar-refractivity contribution >= 4 is 5.97 Å². The van der Waals surface area contributed by atoms with Gasteiger partial charge in [0.1, 0.15) is 6.04 Å². The lowest BCUT2D eigenvalue weighted by molar-refractivity contribution is -0.149. The fraction of sp³-hybridized carbons (Fsp3) is 0.923.